The van der Waals surface area contributed by atoms with Crippen LogP contribution in [0.4, 0.5) is 8.78 Å². The van der Waals surface area contributed by atoms with Crippen molar-refractivity contribution in [1.82, 2.24) is 15.4 Å². The van der Waals surface area contributed by atoms with Gasteiger partial charge >= 0.3 is 6.61 Å². The second-order valence-corrected chi connectivity index (χ2v) is 8.62. The summed E-state index contributed by atoms with van der Waals surface area (Å²) in [5.74, 6) is 0.386. The van der Waals surface area contributed by atoms with E-state index in [2.05, 4.69) is 25.1 Å². The number of hydrogen-bond donors (Lipinski definition) is 3. The van der Waals surface area contributed by atoms with Crippen LogP contribution in [0.15, 0.2) is 23.2 Å². The number of alkyl halides is 2. The van der Waals surface area contributed by atoms with Gasteiger partial charge in [0.25, 0.3) is 0 Å². The van der Waals surface area contributed by atoms with Crippen LogP contribution < -0.4 is 20.1 Å². The molecular weight excluding hydrogens is 402 g/mol. The summed E-state index contributed by atoms with van der Waals surface area (Å²) < 4.78 is 54.9. The molecule has 0 aliphatic rings. The first-order chi connectivity index (χ1) is 12.4. The van der Waals surface area contributed by atoms with Gasteiger partial charge in [0.05, 0.1) is 12.8 Å². The Morgan fingerprint density at radius 3 is 2.56 bits per heavy atom. The molecule has 1 aromatic carbocycles. The summed E-state index contributed by atoms with van der Waals surface area (Å²) >= 11 is 5.92. The lowest BCUT2D eigenvalue weighted by Gasteiger charge is -2.26. The van der Waals surface area contributed by atoms with Crippen molar-refractivity contribution in [3.8, 4) is 5.75 Å². The van der Waals surface area contributed by atoms with Crippen molar-refractivity contribution in [2.24, 2.45) is 4.99 Å². The summed E-state index contributed by atoms with van der Waals surface area (Å²) in [7, 11) is -3.37. The van der Waals surface area contributed by atoms with Crippen molar-refractivity contribution in [3.05, 3.63) is 28.8 Å². The standard InChI is InChI=1S/C16H25ClF2N4O3S/c1-5-20-15(22-10-16(2,3)23-27(4,24)25)21-9-11-8-12(17)6-7-13(11)26-14(18)19/h6-8,14,23H,5,9-10H2,1-4H3,(H2,20,21,22). The van der Waals surface area contributed by atoms with Crippen molar-refractivity contribution >= 4 is 27.6 Å². The number of rotatable bonds is 9. The van der Waals surface area contributed by atoms with Crippen LogP contribution in [-0.2, 0) is 16.6 Å². The monoisotopic (exact) mass is 426 g/mol. The summed E-state index contributed by atoms with van der Waals surface area (Å²) in [5, 5.41) is 6.39. The molecule has 0 fully saturated rings. The molecule has 1 aromatic rings. The van der Waals surface area contributed by atoms with Crippen molar-refractivity contribution in [1.29, 1.82) is 0 Å². The van der Waals surface area contributed by atoms with Crippen LogP contribution in [0.3, 0.4) is 0 Å². The van der Waals surface area contributed by atoms with Crippen LogP contribution in [-0.4, -0.2) is 45.9 Å². The van der Waals surface area contributed by atoms with Crippen LogP contribution in [0.2, 0.25) is 5.02 Å². The van der Waals surface area contributed by atoms with Crippen LogP contribution in [0, 0.1) is 0 Å². The Labute approximate surface area is 163 Å². The molecule has 11 heteroatoms. The van der Waals surface area contributed by atoms with E-state index in [1.165, 1.54) is 18.2 Å². The number of aliphatic imine (C=N–C) groups is 1. The van der Waals surface area contributed by atoms with Crippen LogP contribution in [0.5, 0.6) is 5.75 Å². The van der Waals surface area contributed by atoms with Crippen LogP contribution in [0.1, 0.15) is 26.3 Å². The molecule has 0 aliphatic carbocycles. The third-order valence-electron chi connectivity index (χ3n) is 3.15. The maximum atomic E-state index is 12.5. The molecule has 0 unspecified atom stereocenters. The number of guanidine groups is 1. The van der Waals surface area contributed by atoms with Gasteiger partial charge in [-0.2, -0.15) is 8.78 Å². The predicted octanol–water partition coefficient (Wildman–Crippen LogP) is 2.32. The molecular formula is C16H25ClF2N4O3S. The van der Waals surface area contributed by atoms with Crippen molar-refractivity contribution in [2.75, 3.05) is 19.3 Å². The Kier molecular flexibility index (Phi) is 8.70. The fraction of sp³-hybridized carbons (Fsp3) is 0.562. The van der Waals surface area contributed by atoms with Crippen LogP contribution in [0.25, 0.3) is 0 Å². The molecule has 0 amide bonds. The third kappa shape index (κ3) is 9.73. The van der Waals surface area contributed by atoms with Gasteiger partial charge in [0.1, 0.15) is 5.75 Å². The zero-order valence-electron chi connectivity index (χ0n) is 15.6. The molecule has 154 valence electrons. The van der Waals surface area contributed by atoms with E-state index >= 15 is 0 Å². The minimum Gasteiger partial charge on any atom is -0.434 e. The lowest BCUT2D eigenvalue weighted by atomic mass is 10.1. The highest BCUT2D eigenvalue weighted by molar-refractivity contribution is 7.88. The van der Waals surface area contributed by atoms with E-state index in [9.17, 15) is 17.2 Å². The Morgan fingerprint density at radius 1 is 1.33 bits per heavy atom. The minimum absolute atomic E-state index is 0.00642. The molecule has 1 rings (SSSR count). The average Bonchev–Trinajstić information content (AvgIpc) is 2.49. The molecule has 3 N–H and O–H groups in total. The van der Waals surface area contributed by atoms with E-state index in [0.717, 1.165) is 6.26 Å². The van der Waals surface area contributed by atoms with Gasteiger partial charge in [-0.15, -0.1) is 0 Å². The number of sulfonamides is 1. The van der Waals surface area contributed by atoms with E-state index < -0.39 is 22.2 Å². The van der Waals surface area contributed by atoms with Gasteiger partial charge < -0.3 is 15.4 Å². The highest BCUT2D eigenvalue weighted by Crippen LogP contribution is 2.25. The van der Waals surface area contributed by atoms with E-state index in [0.29, 0.717) is 23.1 Å². The zero-order valence-corrected chi connectivity index (χ0v) is 17.2. The average molecular weight is 427 g/mol. The summed E-state index contributed by atoms with van der Waals surface area (Å²) in [6, 6.07) is 4.32. The number of hydrogen-bond acceptors (Lipinski definition) is 4. The van der Waals surface area contributed by atoms with Gasteiger partial charge in [-0.1, -0.05) is 11.6 Å². The second-order valence-electron chi connectivity index (χ2n) is 6.44. The minimum atomic E-state index is -3.37. The Bertz CT molecular complexity index is 758. The Hall–Kier alpha value is -1.65. The molecule has 0 saturated heterocycles. The molecule has 0 radical (unpaired) electrons. The predicted molar refractivity (Wildman–Crippen MR) is 103 cm³/mol. The highest BCUT2D eigenvalue weighted by Gasteiger charge is 2.22. The van der Waals surface area contributed by atoms with Crippen molar-refractivity contribution in [2.45, 2.75) is 39.5 Å². The largest absolute Gasteiger partial charge is 0.434 e. The van der Waals surface area contributed by atoms with Gasteiger partial charge in [-0.3, -0.25) is 0 Å². The van der Waals surface area contributed by atoms with Crippen LogP contribution >= 0.6 is 11.6 Å². The Morgan fingerprint density at radius 2 is 2.00 bits per heavy atom. The Balaban J connectivity index is 2.89. The third-order valence-corrected chi connectivity index (χ3v) is 4.31. The first-order valence-electron chi connectivity index (χ1n) is 8.16. The second kappa shape index (κ2) is 10.0. The number of ether oxygens (including phenoxy) is 1. The molecule has 7 nitrogen and oxygen atoms in total. The maximum Gasteiger partial charge on any atom is 0.387 e. The fourth-order valence-corrected chi connectivity index (χ4v) is 3.50. The molecule has 0 spiro atoms. The SMILES string of the molecule is CCNC(=NCc1cc(Cl)ccc1OC(F)F)NCC(C)(C)NS(C)(=O)=O. The molecule has 0 aliphatic heterocycles. The van der Waals surface area contributed by atoms with Gasteiger partial charge in [-0.25, -0.2) is 18.1 Å². The molecule has 0 atom stereocenters. The van der Waals surface area contributed by atoms with Crippen molar-refractivity contribution < 1.29 is 21.9 Å². The van der Waals surface area contributed by atoms with Gasteiger partial charge in [0.15, 0.2) is 5.96 Å². The number of nitrogens with zero attached hydrogens (tertiary/aromatic N) is 1. The summed E-state index contributed by atoms with van der Waals surface area (Å²) in [5.41, 5.74) is -0.363. The molecule has 0 aromatic heterocycles. The lowest BCUT2D eigenvalue weighted by Crippen LogP contribution is -2.53. The number of halogens is 3. The first-order valence-corrected chi connectivity index (χ1v) is 10.4. The lowest BCUT2D eigenvalue weighted by molar-refractivity contribution is -0.0504. The summed E-state index contributed by atoms with van der Waals surface area (Å²) in [6.45, 7) is 3.19. The van der Waals surface area contributed by atoms with E-state index in [-0.39, 0.29) is 18.8 Å². The first kappa shape index (κ1) is 23.4. The van der Waals surface area contributed by atoms with E-state index in [1.54, 1.807) is 13.8 Å². The topological polar surface area (TPSA) is 91.8 Å². The molecule has 0 saturated carbocycles. The van der Waals surface area contributed by atoms with Gasteiger partial charge in [0.2, 0.25) is 10.0 Å². The molecule has 27 heavy (non-hydrogen) atoms. The summed E-state index contributed by atoms with van der Waals surface area (Å²) in [6.07, 6.45) is 1.08. The van der Waals surface area contributed by atoms with Gasteiger partial charge in [-0.05, 0) is 39.0 Å². The number of benzene rings is 1. The normalized spacial score (nSPS) is 13.0. The molecule has 0 bridgehead atoms. The fourth-order valence-electron chi connectivity index (χ4n) is 2.23. The highest BCUT2D eigenvalue weighted by atomic mass is 35.5. The van der Waals surface area contributed by atoms with E-state index in [1.807, 2.05) is 6.92 Å². The summed E-state index contributed by atoms with van der Waals surface area (Å²) in [4.78, 5) is 4.33. The quantitative estimate of drug-likeness (QED) is 0.416. The molecule has 0 heterocycles. The van der Waals surface area contributed by atoms with Crippen molar-refractivity contribution in [3.63, 3.8) is 0 Å². The zero-order chi connectivity index (χ0) is 20.7. The number of nitrogens with one attached hydrogen (secondary N) is 3. The smallest absolute Gasteiger partial charge is 0.387 e. The van der Waals surface area contributed by atoms with E-state index in [4.69, 9.17) is 11.6 Å². The maximum absolute atomic E-state index is 12.5. The van der Waals surface area contributed by atoms with Gasteiger partial charge in [0, 0.05) is 29.2 Å².